The standard InChI is InChI=1S/C21H18N6O/c1-27-14-17(9-19(27)21(28)26-10-15-4-7-22-8-5-15)18-12-24-20(25-13-18)16-3-2-6-23-11-16/h2-9,11-14H,10H2,1H3,(H,26,28). The van der Waals surface area contributed by atoms with Crippen LogP contribution in [0.3, 0.4) is 0 Å². The van der Waals surface area contributed by atoms with E-state index in [1.54, 1.807) is 41.7 Å². The highest BCUT2D eigenvalue weighted by atomic mass is 16.1. The third-order valence-corrected chi connectivity index (χ3v) is 4.34. The van der Waals surface area contributed by atoms with Gasteiger partial charge in [0.15, 0.2) is 5.82 Å². The van der Waals surface area contributed by atoms with Crippen molar-refractivity contribution < 1.29 is 4.79 Å². The van der Waals surface area contributed by atoms with Crippen molar-refractivity contribution in [3.05, 3.63) is 85.0 Å². The molecular weight excluding hydrogens is 352 g/mol. The van der Waals surface area contributed by atoms with Crippen molar-refractivity contribution in [1.82, 2.24) is 29.8 Å². The average molecular weight is 370 g/mol. The van der Waals surface area contributed by atoms with Crippen LogP contribution in [0.5, 0.6) is 0 Å². The van der Waals surface area contributed by atoms with E-state index in [1.165, 1.54) is 0 Å². The Kier molecular flexibility index (Phi) is 4.88. The lowest BCUT2D eigenvalue weighted by molar-refractivity contribution is 0.0943. The molecule has 4 aromatic heterocycles. The summed E-state index contributed by atoms with van der Waals surface area (Å²) >= 11 is 0. The van der Waals surface area contributed by atoms with E-state index in [0.717, 1.165) is 22.3 Å². The van der Waals surface area contributed by atoms with Gasteiger partial charge in [-0.2, -0.15) is 0 Å². The fourth-order valence-corrected chi connectivity index (χ4v) is 2.84. The minimum Gasteiger partial charge on any atom is -0.347 e. The Morgan fingerprint density at radius 3 is 2.46 bits per heavy atom. The van der Waals surface area contributed by atoms with Gasteiger partial charge in [-0.05, 0) is 35.9 Å². The Morgan fingerprint density at radius 1 is 0.964 bits per heavy atom. The van der Waals surface area contributed by atoms with Gasteiger partial charge < -0.3 is 9.88 Å². The lowest BCUT2D eigenvalue weighted by atomic mass is 10.1. The number of carbonyl (C=O) groups is 1. The summed E-state index contributed by atoms with van der Waals surface area (Å²) in [6, 6.07) is 9.34. The molecule has 7 nitrogen and oxygen atoms in total. The van der Waals surface area contributed by atoms with Crippen LogP contribution in [0.4, 0.5) is 0 Å². The summed E-state index contributed by atoms with van der Waals surface area (Å²) < 4.78 is 1.80. The van der Waals surface area contributed by atoms with Gasteiger partial charge in [0.25, 0.3) is 5.91 Å². The zero-order chi connectivity index (χ0) is 19.3. The molecule has 0 saturated heterocycles. The fourth-order valence-electron chi connectivity index (χ4n) is 2.84. The number of nitrogens with zero attached hydrogens (tertiary/aromatic N) is 5. The Labute approximate surface area is 162 Å². The first kappa shape index (κ1) is 17.5. The van der Waals surface area contributed by atoms with Crippen molar-refractivity contribution in [2.24, 2.45) is 7.05 Å². The molecule has 1 N–H and O–H groups in total. The van der Waals surface area contributed by atoms with Gasteiger partial charge in [0.1, 0.15) is 5.69 Å². The molecule has 0 radical (unpaired) electrons. The number of rotatable bonds is 5. The van der Waals surface area contributed by atoms with Crippen LogP contribution < -0.4 is 5.32 Å². The van der Waals surface area contributed by atoms with Crippen LogP contribution >= 0.6 is 0 Å². The summed E-state index contributed by atoms with van der Waals surface area (Å²) in [5.74, 6) is 0.474. The number of aromatic nitrogens is 5. The zero-order valence-electron chi connectivity index (χ0n) is 15.3. The monoisotopic (exact) mass is 370 g/mol. The maximum Gasteiger partial charge on any atom is 0.268 e. The van der Waals surface area contributed by atoms with Crippen molar-refractivity contribution >= 4 is 5.91 Å². The minimum absolute atomic E-state index is 0.140. The summed E-state index contributed by atoms with van der Waals surface area (Å²) in [4.78, 5) is 29.4. The van der Waals surface area contributed by atoms with Crippen LogP contribution in [0.2, 0.25) is 0 Å². The highest BCUT2D eigenvalue weighted by Gasteiger charge is 2.13. The van der Waals surface area contributed by atoms with Crippen molar-refractivity contribution in [1.29, 1.82) is 0 Å². The quantitative estimate of drug-likeness (QED) is 0.584. The highest BCUT2D eigenvalue weighted by molar-refractivity contribution is 5.94. The van der Waals surface area contributed by atoms with Crippen LogP contribution in [0.1, 0.15) is 16.1 Å². The number of amides is 1. The van der Waals surface area contributed by atoms with E-state index in [4.69, 9.17) is 0 Å². The first-order valence-corrected chi connectivity index (χ1v) is 8.77. The number of aryl methyl sites for hydroxylation is 1. The van der Waals surface area contributed by atoms with Crippen LogP contribution in [0.15, 0.2) is 73.7 Å². The molecule has 0 aliphatic carbocycles. The van der Waals surface area contributed by atoms with Crippen molar-refractivity contribution in [3.63, 3.8) is 0 Å². The molecule has 0 spiro atoms. The molecule has 0 unspecified atom stereocenters. The third-order valence-electron chi connectivity index (χ3n) is 4.34. The van der Waals surface area contributed by atoms with Crippen LogP contribution in [-0.4, -0.2) is 30.4 Å². The number of nitrogens with one attached hydrogen (secondary N) is 1. The predicted octanol–water partition coefficient (Wildman–Crippen LogP) is 2.87. The molecule has 0 aliphatic heterocycles. The molecular formula is C21H18N6O. The zero-order valence-corrected chi connectivity index (χ0v) is 15.3. The van der Waals surface area contributed by atoms with E-state index in [2.05, 4.69) is 25.3 Å². The van der Waals surface area contributed by atoms with Crippen molar-refractivity contribution in [3.8, 4) is 22.5 Å². The third kappa shape index (κ3) is 3.78. The average Bonchev–Trinajstić information content (AvgIpc) is 3.15. The molecule has 0 saturated carbocycles. The van der Waals surface area contributed by atoms with E-state index in [-0.39, 0.29) is 5.91 Å². The van der Waals surface area contributed by atoms with Gasteiger partial charge in [-0.3, -0.25) is 14.8 Å². The van der Waals surface area contributed by atoms with E-state index in [9.17, 15) is 4.79 Å². The van der Waals surface area contributed by atoms with Gasteiger partial charge in [-0.1, -0.05) is 0 Å². The molecule has 0 aliphatic rings. The normalized spacial score (nSPS) is 10.6. The molecule has 4 heterocycles. The van der Waals surface area contributed by atoms with E-state index in [0.29, 0.717) is 18.1 Å². The largest absolute Gasteiger partial charge is 0.347 e. The highest BCUT2D eigenvalue weighted by Crippen LogP contribution is 2.22. The first-order valence-electron chi connectivity index (χ1n) is 8.77. The molecule has 4 aromatic rings. The number of pyridine rings is 2. The molecule has 7 heteroatoms. The first-order chi connectivity index (χ1) is 13.7. The summed E-state index contributed by atoms with van der Waals surface area (Å²) in [6.45, 7) is 0.449. The van der Waals surface area contributed by atoms with E-state index >= 15 is 0 Å². The SMILES string of the molecule is Cn1cc(-c2cnc(-c3cccnc3)nc2)cc1C(=O)NCc1ccncc1. The summed E-state index contributed by atoms with van der Waals surface area (Å²) in [6.07, 6.45) is 12.2. The number of carbonyl (C=O) groups excluding carboxylic acids is 1. The molecule has 1 amide bonds. The molecule has 138 valence electrons. The molecule has 0 aromatic carbocycles. The fraction of sp³-hybridized carbons (Fsp3) is 0.0952. The number of hydrogen-bond acceptors (Lipinski definition) is 5. The van der Waals surface area contributed by atoms with Gasteiger partial charge in [-0.15, -0.1) is 0 Å². The van der Waals surface area contributed by atoms with Crippen molar-refractivity contribution in [2.75, 3.05) is 0 Å². The smallest absolute Gasteiger partial charge is 0.268 e. The molecule has 0 fully saturated rings. The van der Waals surface area contributed by atoms with Gasteiger partial charge in [0, 0.05) is 73.7 Å². The summed E-state index contributed by atoms with van der Waals surface area (Å²) in [5.41, 5.74) is 4.15. The van der Waals surface area contributed by atoms with Gasteiger partial charge in [-0.25, -0.2) is 9.97 Å². The van der Waals surface area contributed by atoms with Crippen LogP contribution in [0, 0.1) is 0 Å². The van der Waals surface area contributed by atoms with Crippen molar-refractivity contribution in [2.45, 2.75) is 6.54 Å². The second-order valence-electron chi connectivity index (χ2n) is 6.30. The summed E-state index contributed by atoms with van der Waals surface area (Å²) in [5, 5.41) is 2.93. The Hall–Kier alpha value is -3.87. The Balaban J connectivity index is 1.50. The van der Waals surface area contributed by atoms with Gasteiger partial charge in [0.2, 0.25) is 0 Å². The molecule has 28 heavy (non-hydrogen) atoms. The van der Waals surface area contributed by atoms with Gasteiger partial charge >= 0.3 is 0 Å². The second-order valence-corrected chi connectivity index (χ2v) is 6.30. The minimum atomic E-state index is -0.140. The van der Waals surface area contributed by atoms with Crippen LogP contribution in [0.25, 0.3) is 22.5 Å². The topological polar surface area (TPSA) is 85.6 Å². The molecule has 0 bridgehead atoms. The Morgan fingerprint density at radius 2 is 1.75 bits per heavy atom. The van der Waals surface area contributed by atoms with E-state index in [1.807, 2.05) is 43.6 Å². The maximum atomic E-state index is 12.5. The summed E-state index contributed by atoms with van der Waals surface area (Å²) in [7, 11) is 1.84. The maximum absolute atomic E-state index is 12.5. The number of hydrogen-bond donors (Lipinski definition) is 1. The Bertz CT molecular complexity index is 1080. The molecule has 0 atom stereocenters. The van der Waals surface area contributed by atoms with Crippen LogP contribution in [-0.2, 0) is 13.6 Å². The predicted molar refractivity (Wildman–Crippen MR) is 105 cm³/mol. The van der Waals surface area contributed by atoms with E-state index < -0.39 is 0 Å². The van der Waals surface area contributed by atoms with Gasteiger partial charge in [0.05, 0.1) is 0 Å². The lowest BCUT2D eigenvalue weighted by Gasteiger charge is -2.05. The molecule has 4 rings (SSSR count). The lowest BCUT2D eigenvalue weighted by Crippen LogP contribution is -2.24. The second kappa shape index (κ2) is 7.79.